The Morgan fingerprint density at radius 1 is 1.41 bits per heavy atom. The summed E-state index contributed by atoms with van der Waals surface area (Å²) in [6, 6.07) is 7.92. The minimum Gasteiger partial charge on any atom is -0.491 e. The van der Waals surface area contributed by atoms with E-state index in [1.165, 1.54) is 0 Å². The van der Waals surface area contributed by atoms with Gasteiger partial charge in [0.05, 0.1) is 11.0 Å². The molecule has 1 aromatic carbocycles. The van der Waals surface area contributed by atoms with Crippen molar-refractivity contribution in [1.29, 1.82) is 0 Å². The molecule has 0 spiro atoms. The number of halogens is 1. The van der Waals surface area contributed by atoms with E-state index >= 15 is 0 Å². The van der Waals surface area contributed by atoms with Crippen LogP contribution in [0.5, 0.6) is 5.75 Å². The van der Waals surface area contributed by atoms with Gasteiger partial charge in [0.2, 0.25) is 0 Å². The number of hydrogen-bond acceptors (Lipinski definition) is 2. The normalized spacial score (nSPS) is 14.2. The highest BCUT2D eigenvalue weighted by atomic mass is 79.9. The van der Waals surface area contributed by atoms with E-state index in [4.69, 9.17) is 4.74 Å². The van der Waals surface area contributed by atoms with Gasteiger partial charge in [-0.2, -0.15) is 0 Å². The SMILES string of the molecule is O=C(NCCOc1ccccc1Br)NC1CC1. The summed E-state index contributed by atoms with van der Waals surface area (Å²) >= 11 is 3.39. The van der Waals surface area contributed by atoms with Gasteiger partial charge >= 0.3 is 6.03 Å². The maximum Gasteiger partial charge on any atom is 0.315 e. The smallest absolute Gasteiger partial charge is 0.315 e. The summed E-state index contributed by atoms with van der Waals surface area (Å²) in [6.07, 6.45) is 2.20. The zero-order valence-corrected chi connectivity index (χ0v) is 11.0. The quantitative estimate of drug-likeness (QED) is 0.820. The van der Waals surface area contributed by atoms with E-state index in [1.54, 1.807) is 0 Å². The van der Waals surface area contributed by atoms with Crippen LogP contribution in [0.1, 0.15) is 12.8 Å². The van der Waals surface area contributed by atoms with Crippen LogP contribution in [0.3, 0.4) is 0 Å². The lowest BCUT2D eigenvalue weighted by molar-refractivity contribution is 0.236. The first-order chi connectivity index (χ1) is 8.25. The highest BCUT2D eigenvalue weighted by molar-refractivity contribution is 9.10. The van der Waals surface area contributed by atoms with Gasteiger partial charge in [-0.1, -0.05) is 12.1 Å². The van der Waals surface area contributed by atoms with Crippen LogP contribution >= 0.6 is 15.9 Å². The van der Waals surface area contributed by atoms with Crippen LogP contribution in [0.15, 0.2) is 28.7 Å². The third-order valence-electron chi connectivity index (χ3n) is 2.39. The zero-order chi connectivity index (χ0) is 12.1. The first-order valence-corrected chi connectivity index (χ1v) is 6.46. The molecule has 2 amide bonds. The molecular formula is C12H15BrN2O2. The Morgan fingerprint density at radius 2 is 2.18 bits per heavy atom. The Bertz CT molecular complexity index is 394. The van der Waals surface area contributed by atoms with Crippen molar-refractivity contribution < 1.29 is 9.53 Å². The van der Waals surface area contributed by atoms with Gasteiger partial charge in [0.25, 0.3) is 0 Å². The lowest BCUT2D eigenvalue weighted by Crippen LogP contribution is -2.38. The van der Waals surface area contributed by atoms with E-state index < -0.39 is 0 Å². The second kappa shape index (κ2) is 5.91. The van der Waals surface area contributed by atoms with Crippen LogP contribution in [0.2, 0.25) is 0 Å². The minimum atomic E-state index is -0.108. The maximum atomic E-state index is 11.3. The standard InChI is InChI=1S/C12H15BrN2O2/c13-10-3-1-2-4-11(10)17-8-7-14-12(16)15-9-5-6-9/h1-4,9H,5-8H2,(H2,14,15,16). The van der Waals surface area contributed by atoms with Gasteiger partial charge in [-0.05, 0) is 40.9 Å². The molecular weight excluding hydrogens is 284 g/mol. The Balaban J connectivity index is 1.62. The van der Waals surface area contributed by atoms with E-state index in [2.05, 4.69) is 26.6 Å². The fourth-order valence-corrected chi connectivity index (χ4v) is 1.75. The number of benzene rings is 1. The van der Waals surface area contributed by atoms with Crippen LogP contribution < -0.4 is 15.4 Å². The van der Waals surface area contributed by atoms with E-state index in [0.29, 0.717) is 19.2 Å². The highest BCUT2D eigenvalue weighted by Gasteiger charge is 2.22. The van der Waals surface area contributed by atoms with E-state index in [-0.39, 0.29) is 6.03 Å². The number of urea groups is 1. The molecule has 0 heterocycles. The van der Waals surface area contributed by atoms with Crippen molar-refractivity contribution in [1.82, 2.24) is 10.6 Å². The predicted molar refractivity (Wildman–Crippen MR) is 69.2 cm³/mol. The van der Waals surface area contributed by atoms with E-state index in [0.717, 1.165) is 23.1 Å². The van der Waals surface area contributed by atoms with Crippen molar-refractivity contribution in [2.24, 2.45) is 0 Å². The summed E-state index contributed by atoms with van der Waals surface area (Å²) in [6.45, 7) is 0.959. The lowest BCUT2D eigenvalue weighted by atomic mass is 10.3. The largest absolute Gasteiger partial charge is 0.491 e. The van der Waals surface area contributed by atoms with Crippen molar-refractivity contribution in [2.75, 3.05) is 13.2 Å². The molecule has 1 fully saturated rings. The number of para-hydroxylation sites is 1. The zero-order valence-electron chi connectivity index (χ0n) is 9.41. The number of rotatable bonds is 5. The summed E-state index contributed by atoms with van der Waals surface area (Å²) in [7, 11) is 0. The number of carbonyl (C=O) groups excluding carboxylic acids is 1. The molecule has 1 saturated carbocycles. The van der Waals surface area contributed by atoms with Gasteiger partial charge in [-0.3, -0.25) is 0 Å². The lowest BCUT2D eigenvalue weighted by Gasteiger charge is -2.09. The highest BCUT2D eigenvalue weighted by Crippen LogP contribution is 2.23. The predicted octanol–water partition coefficient (Wildman–Crippen LogP) is 2.29. The van der Waals surface area contributed by atoms with Crippen LogP contribution in [-0.2, 0) is 0 Å². The van der Waals surface area contributed by atoms with Crippen LogP contribution in [0.25, 0.3) is 0 Å². The molecule has 4 nitrogen and oxygen atoms in total. The van der Waals surface area contributed by atoms with Crippen LogP contribution in [0, 0.1) is 0 Å². The molecule has 5 heteroatoms. The second-order valence-corrected chi connectivity index (χ2v) is 4.81. The summed E-state index contributed by atoms with van der Waals surface area (Å²) in [5.74, 6) is 0.789. The van der Waals surface area contributed by atoms with E-state index in [9.17, 15) is 4.79 Å². The van der Waals surface area contributed by atoms with Crippen molar-refractivity contribution in [3.63, 3.8) is 0 Å². The summed E-state index contributed by atoms with van der Waals surface area (Å²) in [5.41, 5.74) is 0. The topological polar surface area (TPSA) is 50.4 Å². The fraction of sp³-hybridized carbons (Fsp3) is 0.417. The van der Waals surface area contributed by atoms with Crippen molar-refractivity contribution in [3.05, 3.63) is 28.7 Å². The van der Waals surface area contributed by atoms with Gasteiger partial charge in [-0.25, -0.2) is 4.79 Å². The van der Waals surface area contributed by atoms with Crippen molar-refractivity contribution in [3.8, 4) is 5.75 Å². The molecule has 1 aliphatic carbocycles. The minimum absolute atomic E-state index is 0.108. The van der Waals surface area contributed by atoms with Crippen molar-refractivity contribution in [2.45, 2.75) is 18.9 Å². The maximum absolute atomic E-state index is 11.3. The molecule has 0 saturated heterocycles. The fourth-order valence-electron chi connectivity index (χ4n) is 1.35. The van der Waals surface area contributed by atoms with Gasteiger partial charge < -0.3 is 15.4 Å². The third-order valence-corrected chi connectivity index (χ3v) is 3.05. The molecule has 1 aromatic rings. The molecule has 0 aliphatic heterocycles. The third kappa shape index (κ3) is 4.26. The number of nitrogens with one attached hydrogen (secondary N) is 2. The van der Waals surface area contributed by atoms with Crippen LogP contribution in [-0.4, -0.2) is 25.2 Å². The molecule has 0 radical (unpaired) electrons. The Hall–Kier alpha value is -1.23. The number of amides is 2. The molecule has 92 valence electrons. The Labute approximate surface area is 109 Å². The summed E-state index contributed by atoms with van der Waals surface area (Å²) in [5, 5.41) is 5.60. The molecule has 1 aliphatic rings. The molecule has 2 rings (SSSR count). The first-order valence-electron chi connectivity index (χ1n) is 5.67. The average Bonchev–Trinajstić information content (AvgIpc) is 3.10. The Morgan fingerprint density at radius 3 is 2.88 bits per heavy atom. The molecule has 2 N–H and O–H groups in total. The first kappa shape index (κ1) is 12.2. The molecule has 0 aromatic heterocycles. The number of ether oxygens (including phenoxy) is 1. The summed E-state index contributed by atoms with van der Waals surface area (Å²) < 4.78 is 6.44. The number of carbonyl (C=O) groups is 1. The van der Waals surface area contributed by atoms with Crippen LogP contribution in [0.4, 0.5) is 4.79 Å². The van der Waals surface area contributed by atoms with Crippen molar-refractivity contribution >= 4 is 22.0 Å². The molecule has 0 unspecified atom stereocenters. The molecule has 0 atom stereocenters. The number of hydrogen-bond donors (Lipinski definition) is 2. The Kier molecular flexibility index (Phi) is 4.25. The second-order valence-electron chi connectivity index (χ2n) is 3.95. The van der Waals surface area contributed by atoms with E-state index in [1.807, 2.05) is 24.3 Å². The van der Waals surface area contributed by atoms with Gasteiger partial charge in [0.15, 0.2) is 0 Å². The van der Waals surface area contributed by atoms with Gasteiger partial charge in [0.1, 0.15) is 12.4 Å². The van der Waals surface area contributed by atoms with Gasteiger partial charge in [0, 0.05) is 6.04 Å². The molecule has 0 bridgehead atoms. The van der Waals surface area contributed by atoms with Gasteiger partial charge in [-0.15, -0.1) is 0 Å². The molecule has 17 heavy (non-hydrogen) atoms. The monoisotopic (exact) mass is 298 g/mol. The average molecular weight is 299 g/mol. The summed E-state index contributed by atoms with van der Waals surface area (Å²) in [4.78, 5) is 11.3.